The number of carbonyl (C=O) groups is 1. The van der Waals surface area contributed by atoms with Gasteiger partial charge in [0.1, 0.15) is 12.2 Å². The zero-order chi connectivity index (χ0) is 17.3. The molecule has 0 N–H and O–H groups in total. The molecule has 1 atom stereocenters. The molecule has 2 aliphatic carbocycles. The number of carbonyl (C=O) groups excluding carboxylic acids is 1. The fourth-order valence-corrected chi connectivity index (χ4v) is 5.37. The molecule has 3 fully saturated rings. The van der Waals surface area contributed by atoms with Gasteiger partial charge >= 0.3 is 0 Å². The fraction of sp³-hybridized carbons (Fsp3) is 0.850. The summed E-state index contributed by atoms with van der Waals surface area (Å²) in [6.45, 7) is 4.97. The van der Waals surface area contributed by atoms with Crippen molar-refractivity contribution in [1.29, 1.82) is 0 Å². The minimum atomic E-state index is 0.279. The summed E-state index contributed by atoms with van der Waals surface area (Å²) in [6, 6.07) is 0. The van der Waals surface area contributed by atoms with E-state index >= 15 is 0 Å². The number of aryl methyl sites for hydroxylation is 1. The van der Waals surface area contributed by atoms with Crippen molar-refractivity contribution < 1.29 is 4.79 Å². The lowest BCUT2D eigenvalue weighted by Crippen LogP contribution is -2.38. The molecule has 3 aliphatic rings. The van der Waals surface area contributed by atoms with Gasteiger partial charge in [-0.15, -0.1) is 10.2 Å². The third-order valence-electron chi connectivity index (χ3n) is 6.96. The molecule has 1 saturated heterocycles. The molecule has 5 heteroatoms. The SMILES string of the molecule is CCCn1cnnc1C1CN(C(=O)CC2CCCCC2)CC12CCC2. The molecule has 2 heterocycles. The van der Waals surface area contributed by atoms with Crippen LogP contribution in [0.5, 0.6) is 0 Å². The summed E-state index contributed by atoms with van der Waals surface area (Å²) in [7, 11) is 0. The Balaban J connectivity index is 1.47. The molecule has 1 amide bonds. The first-order chi connectivity index (χ1) is 12.2. The minimum Gasteiger partial charge on any atom is -0.341 e. The van der Waals surface area contributed by atoms with E-state index in [-0.39, 0.29) is 5.41 Å². The number of hydrogen-bond donors (Lipinski definition) is 0. The average molecular weight is 345 g/mol. The third kappa shape index (κ3) is 3.22. The molecule has 1 aliphatic heterocycles. The van der Waals surface area contributed by atoms with Gasteiger partial charge in [0, 0.05) is 32.0 Å². The van der Waals surface area contributed by atoms with Gasteiger partial charge in [0.15, 0.2) is 0 Å². The van der Waals surface area contributed by atoms with Gasteiger partial charge in [-0.2, -0.15) is 0 Å². The topological polar surface area (TPSA) is 51.0 Å². The lowest BCUT2D eigenvalue weighted by atomic mass is 9.62. The maximum atomic E-state index is 13.0. The molecule has 1 aromatic heterocycles. The molecular formula is C20H32N4O. The first kappa shape index (κ1) is 17.0. The van der Waals surface area contributed by atoms with Crippen LogP contribution in [0.1, 0.15) is 82.9 Å². The summed E-state index contributed by atoms with van der Waals surface area (Å²) >= 11 is 0. The van der Waals surface area contributed by atoms with Crippen molar-refractivity contribution in [2.45, 2.75) is 83.6 Å². The Morgan fingerprint density at radius 2 is 2.04 bits per heavy atom. The maximum Gasteiger partial charge on any atom is 0.222 e. The second-order valence-electron chi connectivity index (χ2n) is 8.63. The number of amides is 1. The summed E-state index contributed by atoms with van der Waals surface area (Å²) in [5, 5.41) is 8.66. The van der Waals surface area contributed by atoms with Crippen molar-refractivity contribution in [1.82, 2.24) is 19.7 Å². The van der Waals surface area contributed by atoms with Crippen LogP contribution >= 0.6 is 0 Å². The Hall–Kier alpha value is -1.39. The summed E-state index contributed by atoms with van der Waals surface area (Å²) in [4.78, 5) is 15.1. The van der Waals surface area contributed by atoms with Gasteiger partial charge in [-0.3, -0.25) is 4.79 Å². The quantitative estimate of drug-likeness (QED) is 0.817. The summed E-state index contributed by atoms with van der Waals surface area (Å²) in [5.74, 6) is 2.52. The highest BCUT2D eigenvalue weighted by molar-refractivity contribution is 5.77. The summed E-state index contributed by atoms with van der Waals surface area (Å²) in [6.07, 6.45) is 14.0. The molecule has 2 saturated carbocycles. The van der Waals surface area contributed by atoms with Gasteiger partial charge in [0.2, 0.25) is 5.91 Å². The molecule has 4 rings (SSSR count). The zero-order valence-electron chi connectivity index (χ0n) is 15.6. The van der Waals surface area contributed by atoms with Crippen molar-refractivity contribution in [2.24, 2.45) is 11.3 Å². The summed E-state index contributed by atoms with van der Waals surface area (Å²) < 4.78 is 2.22. The smallest absolute Gasteiger partial charge is 0.222 e. The molecule has 0 aromatic carbocycles. The second kappa shape index (κ2) is 7.08. The Morgan fingerprint density at radius 1 is 1.24 bits per heavy atom. The molecule has 1 aromatic rings. The molecule has 1 spiro atoms. The molecule has 0 bridgehead atoms. The standard InChI is InChI=1S/C20H32N4O/c1-2-11-23-15-21-22-19(23)17-13-24(14-20(17)9-6-10-20)18(25)12-16-7-4-3-5-8-16/h15-17H,2-14H2,1H3. The predicted octanol–water partition coefficient (Wildman–Crippen LogP) is 3.75. The maximum absolute atomic E-state index is 13.0. The molecule has 25 heavy (non-hydrogen) atoms. The molecule has 138 valence electrons. The van der Waals surface area contributed by atoms with Gasteiger partial charge in [-0.25, -0.2) is 0 Å². The van der Waals surface area contributed by atoms with E-state index in [4.69, 9.17) is 0 Å². The van der Waals surface area contributed by atoms with Crippen molar-refractivity contribution in [3.63, 3.8) is 0 Å². The van der Waals surface area contributed by atoms with Crippen LogP contribution in [0.4, 0.5) is 0 Å². The predicted molar refractivity (Wildman–Crippen MR) is 97.1 cm³/mol. The highest BCUT2D eigenvalue weighted by atomic mass is 16.2. The Labute approximate surface area is 151 Å². The lowest BCUT2D eigenvalue weighted by Gasteiger charge is -2.42. The van der Waals surface area contributed by atoms with Crippen LogP contribution < -0.4 is 0 Å². The fourth-order valence-electron chi connectivity index (χ4n) is 5.37. The first-order valence-electron chi connectivity index (χ1n) is 10.4. The monoisotopic (exact) mass is 344 g/mol. The molecule has 1 unspecified atom stereocenters. The van der Waals surface area contributed by atoms with E-state index in [0.29, 0.717) is 17.7 Å². The van der Waals surface area contributed by atoms with E-state index in [2.05, 4.69) is 26.6 Å². The third-order valence-corrected chi connectivity index (χ3v) is 6.96. The normalized spacial score (nSPS) is 26.1. The highest BCUT2D eigenvalue weighted by Gasteiger charge is 2.53. The average Bonchev–Trinajstić information content (AvgIpc) is 3.19. The number of hydrogen-bond acceptors (Lipinski definition) is 3. The zero-order valence-corrected chi connectivity index (χ0v) is 15.6. The van der Waals surface area contributed by atoms with E-state index in [1.807, 2.05) is 6.33 Å². The van der Waals surface area contributed by atoms with Gasteiger partial charge in [-0.1, -0.05) is 32.6 Å². The van der Waals surface area contributed by atoms with Crippen LogP contribution in [0.2, 0.25) is 0 Å². The Morgan fingerprint density at radius 3 is 2.72 bits per heavy atom. The Bertz CT molecular complexity index is 601. The van der Waals surface area contributed by atoms with E-state index in [9.17, 15) is 4.79 Å². The van der Waals surface area contributed by atoms with E-state index < -0.39 is 0 Å². The van der Waals surface area contributed by atoms with Crippen LogP contribution in [-0.2, 0) is 11.3 Å². The van der Waals surface area contributed by atoms with Crippen LogP contribution in [0.25, 0.3) is 0 Å². The van der Waals surface area contributed by atoms with Gasteiger partial charge in [-0.05, 0) is 43.4 Å². The second-order valence-corrected chi connectivity index (χ2v) is 8.63. The number of rotatable bonds is 5. The van der Waals surface area contributed by atoms with Gasteiger partial charge in [0.25, 0.3) is 0 Å². The summed E-state index contributed by atoms with van der Waals surface area (Å²) in [5.41, 5.74) is 0.279. The largest absolute Gasteiger partial charge is 0.341 e. The van der Waals surface area contributed by atoms with Crippen LogP contribution in [0, 0.1) is 11.3 Å². The van der Waals surface area contributed by atoms with Crippen molar-refractivity contribution in [2.75, 3.05) is 13.1 Å². The van der Waals surface area contributed by atoms with Crippen LogP contribution in [0.3, 0.4) is 0 Å². The molecule has 5 nitrogen and oxygen atoms in total. The van der Waals surface area contributed by atoms with Crippen LogP contribution in [0.15, 0.2) is 6.33 Å². The van der Waals surface area contributed by atoms with Crippen molar-refractivity contribution >= 4 is 5.91 Å². The molecule has 0 radical (unpaired) electrons. The van der Waals surface area contributed by atoms with Crippen molar-refractivity contribution in [3.05, 3.63) is 12.2 Å². The minimum absolute atomic E-state index is 0.279. The van der Waals surface area contributed by atoms with E-state index in [0.717, 1.165) is 38.3 Å². The lowest BCUT2D eigenvalue weighted by molar-refractivity contribution is -0.132. The van der Waals surface area contributed by atoms with Crippen molar-refractivity contribution in [3.8, 4) is 0 Å². The number of aromatic nitrogens is 3. The van der Waals surface area contributed by atoms with Gasteiger partial charge in [0.05, 0.1) is 0 Å². The Kier molecular flexibility index (Phi) is 4.83. The highest BCUT2D eigenvalue weighted by Crippen LogP contribution is 2.55. The molecular weight excluding hydrogens is 312 g/mol. The van der Waals surface area contributed by atoms with Gasteiger partial charge < -0.3 is 9.47 Å². The van der Waals surface area contributed by atoms with E-state index in [1.165, 1.54) is 51.4 Å². The number of nitrogens with zero attached hydrogens (tertiary/aromatic N) is 4. The number of likely N-dealkylation sites (tertiary alicyclic amines) is 1. The van der Waals surface area contributed by atoms with E-state index in [1.54, 1.807) is 0 Å². The van der Waals surface area contributed by atoms with Crippen LogP contribution in [-0.4, -0.2) is 38.7 Å². The first-order valence-corrected chi connectivity index (χ1v) is 10.4.